The van der Waals surface area contributed by atoms with Gasteiger partial charge in [0.15, 0.2) is 10.7 Å². The van der Waals surface area contributed by atoms with Gasteiger partial charge in [-0.05, 0) is 55.5 Å². The van der Waals surface area contributed by atoms with Crippen molar-refractivity contribution in [1.29, 1.82) is 0 Å². The lowest BCUT2D eigenvalue weighted by atomic mass is 9.94. The topological polar surface area (TPSA) is 37.4 Å². The summed E-state index contributed by atoms with van der Waals surface area (Å²) in [6.45, 7) is 3.63. The molecule has 1 atom stereocenters. The summed E-state index contributed by atoms with van der Waals surface area (Å²) in [4.78, 5) is 2.24. The molecule has 2 aliphatic rings. The number of hydrogen-bond acceptors (Lipinski definition) is 3. The van der Waals surface area contributed by atoms with Crippen molar-refractivity contribution < 1.29 is 12.8 Å². The summed E-state index contributed by atoms with van der Waals surface area (Å²) in [6, 6.07) is 1.75. The maximum Gasteiger partial charge on any atom is 0.168 e. The third-order valence-electron chi connectivity index (χ3n) is 4.27. The number of hydrogen-bond donors (Lipinski definition) is 1. The highest BCUT2D eigenvalue weighted by molar-refractivity contribution is 9.09. The molecule has 23 heavy (non-hydrogen) atoms. The summed E-state index contributed by atoms with van der Waals surface area (Å²) in [6.07, 6.45) is 3.49. The van der Waals surface area contributed by atoms with E-state index in [1.54, 1.807) is 17.0 Å². The van der Waals surface area contributed by atoms with E-state index in [0.29, 0.717) is 22.2 Å². The zero-order valence-corrected chi connectivity index (χ0v) is 16.1. The molecule has 3 rings (SSSR count). The van der Waals surface area contributed by atoms with Crippen LogP contribution in [0.5, 0.6) is 0 Å². The van der Waals surface area contributed by atoms with Gasteiger partial charge in [0.1, 0.15) is 10.8 Å². The first-order valence-electron chi connectivity index (χ1n) is 7.45. The highest BCUT2D eigenvalue weighted by atomic mass is 79.9. The molecular weight excluding hydrogens is 405 g/mol. The quantitative estimate of drug-likeness (QED) is 0.452. The number of rotatable bonds is 3. The Morgan fingerprint density at radius 2 is 2.13 bits per heavy atom. The number of benzene rings is 1. The Morgan fingerprint density at radius 3 is 2.74 bits per heavy atom. The van der Waals surface area contributed by atoms with Gasteiger partial charge < -0.3 is 4.90 Å². The van der Waals surface area contributed by atoms with Crippen LogP contribution in [0.4, 0.5) is 4.39 Å². The molecule has 7 heteroatoms. The van der Waals surface area contributed by atoms with Crippen molar-refractivity contribution in [2.24, 2.45) is 0 Å². The van der Waals surface area contributed by atoms with Crippen LogP contribution >= 0.6 is 27.5 Å². The SMILES string of the molecule is CC(C)(F)CN1Cc2c(c([SH](=O)=O)cc3c2CCC3Br)C=C1Cl. The van der Waals surface area contributed by atoms with Crippen molar-refractivity contribution >= 4 is 44.3 Å². The second kappa shape index (κ2) is 6.05. The third-order valence-corrected chi connectivity index (χ3v) is 6.33. The molecule has 0 radical (unpaired) electrons. The van der Waals surface area contributed by atoms with E-state index >= 15 is 0 Å². The van der Waals surface area contributed by atoms with Crippen LogP contribution in [-0.2, 0) is 23.7 Å². The van der Waals surface area contributed by atoms with E-state index in [1.807, 2.05) is 0 Å². The van der Waals surface area contributed by atoms with E-state index in [9.17, 15) is 12.8 Å². The van der Waals surface area contributed by atoms with Gasteiger partial charge in [0, 0.05) is 16.9 Å². The van der Waals surface area contributed by atoms with Gasteiger partial charge in [0.05, 0.1) is 11.4 Å². The van der Waals surface area contributed by atoms with Gasteiger partial charge in [0.25, 0.3) is 0 Å². The van der Waals surface area contributed by atoms with Crippen LogP contribution in [0, 0.1) is 0 Å². The van der Waals surface area contributed by atoms with Gasteiger partial charge in [-0.25, -0.2) is 12.8 Å². The maximum atomic E-state index is 14.0. The molecule has 0 aromatic heterocycles. The normalized spacial score (nSPS) is 20.5. The van der Waals surface area contributed by atoms with Crippen molar-refractivity contribution in [2.45, 2.75) is 48.6 Å². The van der Waals surface area contributed by atoms with Gasteiger partial charge in [-0.15, -0.1) is 0 Å². The summed E-state index contributed by atoms with van der Waals surface area (Å²) < 4.78 is 37.4. The number of alkyl halides is 2. The van der Waals surface area contributed by atoms with Gasteiger partial charge >= 0.3 is 0 Å². The van der Waals surface area contributed by atoms with Crippen LogP contribution in [0.3, 0.4) is 0 Å². The average molecular weight is 423 g/mol. The molecule has 0 N–H and O–H groups in total. The molecule has 1 aliphatic carbocycles. The number of halogens is 3. The fraction of sp³-hybridized carbons (Fsp3) is 0.500. The highest BCUT2D eigenvalue weighted by Gasteiger charge is 2.32. The predicted octanol–water partition coefficient (Wildman–Crippen LogP) is 4.14. The summed E-state index contributed by atoms with van der Waals surface area (Å²) in [5, 5.41) is 0.384. The first kappa shape index (κ1) is 17.2. The fourth-order valence-corrected chi connectivity index (χ4v) is 4.87. The molecule has 0 spiro atoms. The largest absolute Gasteiger partial charge is 0.355 e. The van der Waals surface area contributed by atoms with Gasteiger partial charge in [-0.1, -0.05) is 27.5 Å². The molecule has 0 saturated carbocycles. The van der Waals surface area contributed by atoms with Gasteiger partial charge in [-0.3, -0.25) is 0 Å². The summed E-state index contributed by atoms with van der Waals surface area (Å²) in [5.41, 5.74) is 2.45. The van der Waals surface area contributed by atoms with Crippen molar-refractivity contribution in [1.82, 2.24) is 4.90 Å². The second-order valence-corrected chi connectivity index (χ2v) is 9.15. The van der Waals surface area contributed by atoms with Gasteiger partial charge in [0.2, 0.25) is 0 Å². The lowest BCUT2D eigenvalue weighted by molar-refractivity contribution is 0.148. The molecule has 1 aromatic carbocycles. The van der Waals surface area contributed by atoms with E-state index in [4.69, 9.17) is 11.6 Å². The molecule has 1 heterocycles. The first-order chi connectivity index (χ1) is 10.7. The van der Waals surface area contributed by atoms with Crippen molar-refractivity contribution in [3.05, 3.63) is 33.5 Å². The minimum atomic E-state index is -2.71. The van der Waals surface area contributed by atoms with E-state index in [-0.39, 0.29) is 11.4 Å². The van der Waals surface area contributed by atoms with Crippen LogP contribution in [0.25, 0.3) is 6.08 Å². The van der Waals surface area contributed by atoms with Crippen LogP contribution in [0.15, 0.2) is 16.1 Å². The van der Waals surface area contributed by atoms with Crippen molar-refractivity contribution in [3.8, 4) is 0 Å². The Labute approximate surface area is 150 Å². The average Bonchev–Trinajstić information content (AvgIpc) is 2.79. The van der Waals surface area contributed by atoms with Crippen LogP contribution in [0.2, 0.25) is 0 Å². The molecule has 0 amide bonds. The Kier molecular flexibility index (Phi) is 4.53. The van der Waals surface area contributed by atoms with Crippen LogP contribution in [-0.4, -0.2) is 25.5 Å². The van der Waals surface area contributed by atoms with E-state index in [1.165, 1.54) is 19.4 Å². The van der Waals surface area contributed by atoms with Crippen LogP contribution < -0.4 is 0 Å². The lowest BCUT2D eigenvalue weighted by Gasteiger charge is -2.33. The van der Waals surface area contributed by atoms with Crippen molar-refractivity contribution in [3.63, 3.8) is 0 Å². The molecule has 126 valence electrons. The Bertz CT molecular complexity index is 762. The fourth-order valence-electron chi connectivity index (χ4n) is 3.36. The molecule has 3 nitrogen and oxygen atoms in total. The monoisotopic (exact) mass is 421 g/mol. The zero-order chi connectivity index (χ0) is 16.9. The second-order valence-electron chi connectivity index (χ2n) is 6.66. The predicted molar refractivity (Wildman–Crippen MR) is 94.4 cm³/mol. The maximum absolute atomic E-state index is 14.0. The van der Waals surface area contributed by atoms with E-state index < -0.39 is 16.4 Å². The molecule has 0 saturated heterocycles. The number of nitrogens with zero attached hydrogens (tertiary/aromatic N) is 1. The Balaban J connectivity index is 2.15. The summed E-state index contributed by atoms with van der Waals surface area (Å²) in [5.74, 6) is 0. The number of thiol groups is 1. The minimum Gasteiger partial charge on any atom is -0.355 e. The van der Waals surface area contributed by atoms with Crippen LogP contribution in [0.1, 0.15) is 47.3 Å². The smallest absolute Gasteiger partial charge is 0.168 e. The molecule has 0 fully saturated rings. The number of fused-ring (bicyclic) bond motifs is 3. The van der Waals surface area contributed by atoms with E-state index in [2.05, 4.69) is 15.9 Å². The summed E-state index contributed by atoms with van der Waals surface area (Å²) >= 11 is 9.90. The molecule has 1 aliphatic heterocycles. The molecule has 1 aromatic rings. The standard InChI is InChI=1S/C16H18BrClFNO2S/c1-16(2,19)8-20-7-12-9-3-4-13(17)10(9)5-14(23(21)22)11(12)6-15(20)18/h5-6,13,23H,3-4,7-8H2,1-2H3. The zero-order valence-electron chi connectivity index (χ0n) is 12.9. The Morgan fingerprint density at radius 1 is 1.43 bits per heavy atom. The third kappa shape index (κ3) is 3.30. The molecule has 1 unspecified atom stereocenters. The summed E-state index contributed by atoms with van der Waals surface area (Å²) in [7, 11) is -2.71. The lowest BCUT2D eigenvalue weighted by Crippen LogP contribution is -2.35. The highest BCUT2D eigenvalue weighted by Crippen LogP contribution is 2.44. The van der Waals surface area contributed by atoms with Gasteiger partial charge in [-0.2, -0.15) is 0 Å². The Hall–Kier alpha value is -0.590. The molecular formula is C16H18BrClFNO2S. The van der Waals surface area contributed by atoms with Crippen molar-refractivity contribution in [2.75, 3.05) is 6.54 Å². The van der Waals surface area contributed by atoms with E-state index in [0.717, 1.165) is 24.0 Å². The molecule has 0 bridgehead atoms. The first-order valence-corrected chi connectivity index (χ1v) is 9.92. The minimum absolute atomic E-state index is 0.169.